The summed E-state index contributed by atoms with van der Waals surface area (Å²) in [5, 5.41) is 0.337. The smallest absolute Gasteiger partial charge is 0.137 e. The molecule has 108 valence electrons. The van der Waals surface area contributed by atoms with Crippen LogP contribution in [0.5, 0.6) is 11.5 Å². The zero-order valence-electron chi connectivity index (χ0n) is 12.8. The fourth-order valence-electron chi connectivity index (χ4n) is 2.02. The van der Waals surface area contributed by atoms with E-state index in [4.69, 9.17) is 9.47 Å². The van der Waals surface area contributed by atoms with Crippen LogP contribution in [0, 0.1) is 0 Å². The molecule has 0 radical (unpaired) electrons. The molecule has 0 saturated carbocycles. The van der Waals surface area contributed by atoms with Gasteiger partial charge in [0.05, 0.1) is 17.3 Å². The normalized spacial score (nSPS) is 24.9. The van der Waals surface area contributed by atoms with E-state index in [0.717, 1.165) is 16.4 Å². The van der Waals surface area contributed by atoms with Crippen molar-refractivity contribution in [1.82, 2.24) is 0 Å². The van der Waals surface area contributed by atoms with Crippen molar-refractivity contribution in [2.24, 2.45) is 0 Å². The van der Waals surface area contributed by atoms with Crippen LogP contribution in [0.1, 0.15) is 27.7 Å². The van der Waals surface area contributed by atoms with Crippen LogP contribution in [0.2, 0.25) is 0 Å². The molecule has 0 unspecified atom stereocenters. The van der Waals surface area contributed by atoms with Crippen LogP contribution in [0.3, 0.4) is 0 Å². The number of methoxy groups -OCH3 is 1. The highest BCUT2D eigenvalue weighted by atomic mass is 32.2. The number of fused-ring (bicyclic) bond motifs is 1. The minimum Gasteiger partial charge on any atom is -0.497 e. The summed E-state index contributed by atoms with van der Waals surface area (Å²) in [5.74, 6) is 1.80. The quantitative estimate of drug-likeness (QED) is 0.741. The standard InChI is InChI=1S/C17H22O2S/c1-12(2)7-6-10-17(4)13(3)20-16-11-14(18-5)8-9-15(16)19-17/h6-11,13H,1-5H3/b10-6+/t13-,17+/m1/s1. The molecule has 1 aromatic rings. The van der Waals surface area contributed by atoms with E-state index in [2.05, 4.69) is 45.9 Å². The maximum absolute atomic E-state index is 6.22. The number of benzene rings is 1. The molecule has 1 aliphatic heterocycles. The molecule has 0 aliphatic carbocycles. The molecule has 0 amide bonds. The van der Waals surface area contributed by atoms with Crippen molar-refractivity contribution in [2.45, 2.75) is 43.4 Å². The van der Waals surface area contributed by atoms with Gasteiger partial charge < -0.3 is 9.47 Å². The van der Waals surface area contributed by atoms with Crippen molar-refractivity contribution in [1.29, 1.82) is 0 Å². The van der Waals surface area contributed by atoms with E-state index < -0.39 is 0 Å². The highest BCUT2D eigenvalue weighted by Gasteiger charge is 2.36. The predicted molar refractivity (Wildman–Crippen MR) is 85.9 cm³/mol. The molecular weight excluding hydrogens is 268 g/mol. The third-order valence-electron chi connectivity index (χ3n) is 3.45. The monoisotopic (exact) mass is 290 g/mol. The average Bonchev–Trinajstić information content (AvgIpc) is 2.39. The van der Waals surface area contributed by atoms with Gasteiger partial charge in [0.2, 0.25) is 0 Å². The number of rotatable bonds is 3. The summed E-state index contributed by atoms with van der Waals surface area (Å²) >= 11 is 1.83. The highest BCUT2D eigenvalue weighted by molar-refractivity contribution is 8.00. The number of ether oxygens (including phenoxy) is 2. The lowest BCUT2D eigenvalue weighted by atomic mass is 10.0. The van der Waals surface area contributed by atoms with Gasteiger partial charge in [-0.15, -0.1) is 11.8 Å². The van der Waals surface area contributed by atoms with Gasteiger partial charge in [0.15, 0.2) is 0 Å². The van der Waals surface area contributed by atoms with Crippen LogP contribution >= 0.6 is 11.8 Å². The van der Waals surface area contributed by atoms with Gasteiger partial charge in [-0.2, -0.15) is 0 Å². The first-order valence-corrected chi connectivity index (χ1v) is 7.69. The topological polar surface area (TPSA) is 18.5 Å². The third kappa shape index (κ3) is 3.21. The molecule has 20 heavy (non-hydrogen) atoms. The van der Waals surface area contributed by atoms with Crippen molar-refractivity contribution in [3.8, 4) is 11.5 Å². The third-order valence-corrected chi connectivity index (χ3v) is 4.84. The summed E-state index contributed by atoms with van der Waals surface area (Å²) in [7, 11) is 1.69. The maximum atomic E-state index is 6.22. The first-order valence-electron chi connectivity index (χ1n) is 6.81. The molecule has 0 aromatic heterocycles. The Bertz CT molecular complexity index is 544. The Labute approximate surface area is 125 Å². The molecule has 0 saturated heterocycles. The molecule has 2 nitrogen and oxygen atoms in total. The lowest BCUT2D eigenvalue weighted by Crippen LogP contribution is -2.41. The molecular formula is C17H22O2S. The van der Waals surface area contributed by atoms with E-state index in [1.54, 1.807) is 7.11 Å². The van der Waals surface area contributed by atoms with Gasteiger partial charge >= 0.3 is 0 Å². The second kappa shape index (κ2) is 5.96. The zero-order valence-corrected chi connectivity index (χ0v) is 13.6. The molecule has 1 heterocycles. The summed E-state index contributed by atoms with van der Waals surface area (Å²) in [6.07, 6.45) is 6.33. The highest BCUT2D eigenvalue weighted by Crippen LogP contribution is 2.45. The van der Waals surface area contributed by atoms with Crippen molar-refractivity contribution >= 4 is 11.8 Å². The SMILES string of the molecule is COc1ccc2c(c1)S[C@H](C)[C@](C)(/C=C/C=C(C)C)O2. The van der Waals surface area contributed by atoms with Gasteiger partial charge in [-0.05, 0) is 52.0 Å². The van der Waals surface area contributed by atoms with Gasteiger partial charge in [-0.3, -0.25) is 0 Å². The van der Waals surface area contributed by atoms with E-state index in [-0.39, 0.29) is 5.60 Å². The van der Waals surface area contributed by atoms with Crippen LogP contribution in [0.15, 0.2) is 46.9 Å². The summed E-state index contributed by atoms with van der Waals surface area (Å²) in [4.78, 5) is 1.14. The number of hydrogen-bond donors (Lipinski definition) is 0. The van der Waals surface area contributed by atoms with Crippen LogP contribution in [-0.4, -0.2) is 18.0 Å². The van der Waals surface area contributed by atoms with E-state index in [0.29, 0.717) is 5.25 Å². The Morgan fingerprint density at radius 1 is 1.40 bits per heavy atom. The second-order valence-corrected chi connectivity index (χ2v) is 6.84. The van der Waals surface area contributed by atoms with Gasteiger partial charge in [-0.25, -0.2) is 0 Å². The second-order valence-electron chi connectivity index (χ2n) is 5.46. The number of allylic oxidation sites excluding steroid dienone is 3. The van der Waals surface area contributed by atoms with Crippen LogP contribution < -0.4 is 9.47 Å². The molecule has 3 heteroatoms. The molecule has 2 rings (SSSR count). The summed E-state index contributed by atoms with van der Waals surface area (Å²) in [5.41, 5.74) is 0.990. The first kappa shape index (κ1) is 15.0. The van der Waals surface area contributed by atoms with E-state index in [1.165, 1.54) is 5.57 Å². The van der Waals surface area contributed by atoms with Crippen LogP contribution in [0.25, 0.3) is 0 Å². The van der Waals surface area contributed by atoms with Crippen molar-refractivity contribution < 1.29 is 9.47 Å². The van der Waals surface area contributed by atoms with E-state index in [1.807, 2.05) is 30.0 Å². The lowest BCUT2D eigenvalue weighted by molar-refractivity contribution is 0.132. The molecule has 0 N–H and O–H groups in total. The summed E-state index contributed by atoms with van der Waals surface area (Å²) in [6.45, 7) is 8.51. The molecule has 0 spiro atoms. The van der Waals surface area contributed by atoms with Crippen molar-refractivity contribution in [2.75, 3.05) is 7.11 Å². The Morgan fingerprint density at radius 3 is 2.80 bits per heavy atom. The van der Waals surface area contributed by atoms with E-state index >= 15 is 0 Å². The molecule has 1 aromatic carbocycles. The lowest BCUT2D eigenvalue weighted by Gasteiger charge is -2.38. The molecule has 1 aliphatic rings. The van der Waals surface area contributed by atoms with Gasteiger partial charge in [0, 0.05) is 0 Å². The molecule has 0 fully saturated rings. The zero-order chi connectivity index (χ0) is 14.8. The molecule has 0 bridgehead atoms. The Hall–Kier alpha value is -1.35. The van der Waals surface area contributed by atoms with Crippen LogP contribution in [-0.2, 0) is 0 Å². The maximum Gasteiger partial charge on any atom is 0.137 e. The first-order chi connectivity index (χ1) is 9.44. The number of hydrogen-bond acceptors (Lipinski definition) is 3. The minimum absolute atomic E-state index is 0.293. The Morgan fingerprint density at radius 2 is 2.15 bits per heavy atom. The Kier molecular flexibility index (Phi) is 4.48. The van der Waals surface area contributed by atoms with Gasteiger partial charge in [-0.1, -0.05) is 17.7 Å². The minimum atomic E-state index is -0.293. The largest absolute Gasteiger partial charge is 0.497 e. The fourth-order valence-corrected chi connectivity index (χ4v) is 3.17. The van der Waals surface area contributed by atoms with Crippen molar-refractivity contribution in [3.63, 3.8) is 0 Å². The predicted octanol–water partition coefficient (Wildman–Crippen LogP) is 4.85. The number of thioether (sulfide) groups is 1. The Balaban J connectivity index is 2.26. The van der Waals surface area contributed by atoms with E-state index in [9.17, 15) is 0 Å². The van der Waals surface area contributed by atoms with Gasteiger partial charge in [0.1, 0.15) is 17.1 Å². The van der Waals surface area contributed by atoms with Gasteiger partial charge in [0.25, 0.3) is 0 Å². The van der Waals surface area contributed by atoms with Crippen LogP contribution in [0.4, 0.5) is 0 Å². The summed E-state index contributed by atoms with van der Waals surface area (Å²) in [6, 6.07) is 5.96. The fraction of sp³-hybridized carbons (Fsp3) is 0.412. The van der Waals surface area contributed by atoms with Crippen molar-refractivity contribution in [3.05, 3.63) is 42.0 Å². The summed E-state index contributed by atoms with van der Waals surface area (Å²) < 4.78 is 11.5. The molecule has 2 atom stereocenters. The average molecular weight is 290 g/mol.